The lowest BCUT2D eigenvalue weighted by molar-refractivity contribution is -0.133. The molecule has 3 aromatic rings. The van der Waals surface area contributed by atoms with Gasteiger partial charge in [0.15, 0.2) is 0 Å². The number of allylic oxidation sites excluding steroid dienone is 2. The van der Waals surface area contributed by atoms with Gasteiger partial charge in [-0.25, -0.2) is 9.97 Å². The van der Waals surface area contributed by atoms with Gasteiger partial charge in [-0.05, 0) is 36.5 Å². The largest absolute Gasteiger partial charge is 0.347 e. The van der Waals surface area contributed by atoms with E-state index in [1.165, 1.54) is 0 Å². The number of benzene rings is 1. The van der Waals surface area contributed by atoms with Crippen molar-refractivity contribution in [3.05, 3.63) is 84.3 Å². The van der Waals surface area contributed by atoms with E-state index in [0.717, 1.165) is 35.4 Å². The Bertz CT molecular complexity index is 1070. The van der Waals surface area contributed by atoms with Gasteiger partial charge in [-0.15, -0.1) is 0 Å². The molecule has 1 amide bonds. The molecule has 0 saturated carbocycles. The van der Waals surface area contributed by atoms with E-state index in [2.05, 4.69) is 34.3 Å². The third-order valence-electron chi connectivity index (χ3n) is 5.65. The number of anilines is 1. The lowest BCUT2D eigenvalue weighted by atomic mass is 10.0. The van der Waals surface area contributed by atoms with Crippen LogP contribution in [0.15, 0.2) is 73.1 Å². The van der Waals surface area contributed by atoms with Crippen molar-refractivity contribution in [2.24, 2.45) is 5.92 Å². The van der Waals surface area contributed by atoms with Crippen LogP contribution >= 0.6 is 0 Å². The van der Waals surface area contributed by atoms with Crippen LogP contribution in [0.1, 0.15) is 30.5 Å². The van der Waals surface area contributed by atoms with Crippen molar-refractivity contribution in [1.82, 2.24) is 19.9 Å². The van der Waals surface area contributed by atoms with Gasteiger partial charge < -0.3 is 9.80 Å². The van der Waals surface area contributed by atoms with Gasteiger partial charge in [-0.3, -0.25) is 9.78 Å². The molecule has 4 rings (SSSR count). The lowest BCUT2D eigenvalue weighted by Crippen LogP contribution is -2.32. The molecular weight excluding hydrogens is 398 g/mol. The molecule has 1 atom stereocenters. The second-order valence-electron chi connectivity index (χ2n) is 8.34. The quantitative estimate of drug-likeness (QED) is 0.496. The predicted octanol–water partition coefficient (Wildman–Crippen LogP) is 4.49. The summed E-state index contributed by atoms with van der Waals surface area (Å²) in [4.78, 5) is 31.0. The van der Waals surface area contributed by atoms with Crippen molar-refractivity contribution in [1.29, 1.82) is 0 Å². The topological polar surface area (TPSA) is 62.2 Å². The van der Waals surface area contributed by atoms with E-state index < -0.39 is 0 Å². The number of hydrogen-bond acceptors (Lipinski definition) is 5. The van der Waals surface area contributed by atoms with Crippen LogP contribution in [-0.4, -0.2) is 39.9 Å². The fourth-order valence-electron chi connectivity index (χ4n) is 3.91. The van der Waals surface area contributed by atoms with E-state index in [1.54, 1.807) is 6.20 Å². The number of rotatable bonds is 8. The first-order chi connectivity index (χ1) is 15.6. The summed E-state index contributed by atoms with van der Waals surface area (Å²) < 4.78 is 0. The molecule has 32 heavy (non-hydrogen) atoms. The van der Waals surface area contributed by atoms with Crippen molar-refractivity contribution in [3.8, 4) is 11.3 Å². The molecule has 2 heterocycles. The second kappa shape index (κ2) is 10.2. The minimum Gasteiger partial charge on any atom is -0.347 e. The highest BCUT2D eigenvalue weighted by Gasteiger charge is 2.22. The highest BCUT2D eigenvalue weighted by atomic mass is 16.2. The maximum absolute atomic E-state index is 13.4. The number of amides is 1. The molecule has 0 radical (unpaired) electrons. The number of carbonyl (C=O) groups excluding carboxylic acids is 1. The van der Waals surface area contributed by atoms with Crippen molar-refractivity contribution < 1.29 is 4.79 Å². The zero-order valence-electron chi connectivity index (χ0n) is 18.7. The molecule has 6 nitrogen and oxygen atoms in total. The minimum absolute atomic E-state index is 0.141. The van der Waals surface area contributed by atoms with Gasteiger partial charge in [0, 0.05) is 45.0 Å². The van der Waals surface area contributed by atoms with E-state index >= 15 is 0 Å². The smallest absolute Gasteiger partial charge is 0.225 e. The molecule has 2 aromatic heterocycles. The first-order valence-corrected chi connectivity index (χ1v) is 11.0. The Hall–Kier alpha value is -3.54. The van der Waals surface area contributed by atoms with Crippen LogP contribution in [0.2, 0.25) is 0 Å². The molecule has 1 aromatic carbocycles. The van der Waals surface area contributed by atoms with E-state index in [1.807, 2.05) is 66.5 Å². The summed E-state index contributed by atoms with van der Waals surface area (Å²) in [7, 11) is 3.83. The zero-order valence-corrected chi connectivity index (χ0v) is 18.7. The fourth-order valence-corrected chi connectivity index (χ4v) is 3.91. The third-order valence-corrected chi connectivity index (χ3v) is 5.65. The van der Waals surface area contributed by atoms with Gasteiger partial charge in [0.05, 0.1) is 17.9 Å². The maximum atomic E-state index is 13.4. The highest BCUT2D eigenvalue weighted by molar-refractivity contribution is 5.77. The van der Waals surface area contributed by atoms with E-state index in [9.17, 15) is 4.79 Å². The molecular formula is C26H29N5O. The Kier molecular flexibility index (Phi) is 6.90. The molecule has 0 bridgehead atoms. The predicted molar refractivity (Wildman–Crippen MR) is 127 cm³/mol. The van der Waals surface area contributed by atoms with Crippen LogP contribution in [0.3, 0.4) is 0 Å². The molecule has 0 fully saturated rings. The summed E-state index contributed by atoms with van der Waals surface area (Å²) in [6, 6.07) is 15.9. The first kappa shape index (κ1) is 21.7. The van der Waals surface area contributed by atoms with Crippen LogP contribution in [0.5, 0.6) is 0 Å². The van der Waals surface area contributed by atoms with Crippen LogP contribution in [0.4, 0.5) is 5.95 Å². The van der Waals surface area contributed by atoms with Crippen LogP contribution in [-0.2, 0) is 17.9 Å². The maximum Gasteiger partial charge on any atom is 0.225 e. The van der Waals surface area contributed by atoms with Gasteiger partial charge in [-0.2, -0.15) is 0 Å². The summed E-state index contributed by atoms with van der Waals surface area (Å²) in [5, 5.41) is 0. The Morgan fingerprint density at radius 2 is 1.84 bits per heavy atom. The van der Waals surface area contributed by atoms with Gasteiger partial charge in [0.1, 0.15) is 0 Å². The summed E-state index contributed by atoms with van der Waals surface area (Å²) >= 11 is 0. The SMILES string of the molecule is CN(C)c1ncc(-c2ccccn2)c(CN(Cc2ccccc2)C(=O)C[C@H]2C=CCC2)n1. The minimum atomic E-state index is 0.141. The molecule has 0 saturated heterocycles. The monoisotopic (exact) mass is 427 g/mol. The molecule has 0 unspecified atom stereocenters. The normalized spacial score (nSPS) is 15.0. The van der Waals surface area contributed by atoms with Gasteiger partial charge >= 0.3 is 0 Å². The number of pyridine rings is 1. The molecule has 6 heteroatoms. The molecule has 1 aliphatic carbocycles. The summed E-state index contributed by atoms with van der Waals surface area (Å²) in [6.07, 6.45) is 10.5. The van der Waals surface area contributed by atoms with E-state index in [-0.39, 0.29) is 5.91 Å². The van der Waals surface area contributed by atoms with Crippen molar-refractivity contribution in [3.63, 3.8) is 0 Å². The average Bonchev–Trinajstić information content (AvgIpc) is 3.33. The highest BCUT2D eigenvalue weighted by Crippen LogP contribution is 2.26. The molecule has 0 N–H and O–H groups in total. The number of carbonyl (C=O) groups is 1. The van der Waals surface area contributed by atoms with Crippen LogP contribution in [0.25, 0.3) is 11.3 Å². The standard InChI is InChI=1S/C26H29N5O/c1-30(2)26-28-17-22(23-14-8-9-15-27-23)24(29-26)19-31(18-21-12-4-3-5-13-21)25(32)16-20-10-6-7-11-20/h3-6,8-10,12-15,17,20H,7,11,16,18-19H2,1-2H3/t20-/m0/s1. The third kappa shape index (κ3) is 5.38. The number of nitrogens with zero attached hydrogens (tertiary/aromatic N) is 5. The molecule has 164 valence electrons. The zero-order chi connectivity index (χ0) is 22.3. The average molecular weight is 428 g/mol. The van der Waals surface area contributed by atoms with Crippen LogP contribution < -0.4 is 4.90 Å². The van der Waals surface area contributed by atoms with Crippen molar-refractivity contribution >= 4 is 11.9 Å². The van der Waals surface area contributed by atoms with Crippen LogP contribution in [0, 0.1) is 5.92 Å². The second-order valence-corrected chi connectivity index (χ2v) is 8.34. The Morgan fingerprint density at radius 1 is 1.03 bits per heavy atom. The lowest BCUT2D eigenvalue weighted by Gasteiger charge is -2.25. The molecule has 0 spiro atoms. The summed E-state index contributed by atoms with van der Waals surface area (Å²) in [5.41, 5.74) is 3.55. The number of aromatic nitrogens is 3. The van der Waals surface area contributed by atoms with Gasteiger partial charge in [0.25, 0.3) is 0 Å². The van der Waals surface area contributed by atoms with Crippen molar-refractivity contribution in [2.75, 3.05) is 19.0 Å². The molecule has 0 aliphatic heterocycles. The Labute approximate surface area is 189 Å². The van der Waals surface area contributed by atoms with Gasteiger partial charge in [-0.1, -0.05) is 48.6 Å². The molecule has 1 aliphatic rings. The first-order valence-electron chi connectivity index (χ1n) is 11.0. The number of hydrogen-bond donors (Lipinski definition) is 0. The van der Waals surface area contributed by atoms with Crippen molar-refractivity contribution in [2.45, 2.75) is 32.4 Å². The Balaban J connectivity index is 1.67. The Morgan fingerprint density at radius 3 is 2.53 bits per heavy atom. The van der Waals surface area contributed by atoms with E-state index in [0.29, 0.717) is 31.4 Å². The van der Waals surface area contributed by atoms with E-state index in [4.69, 9.17) is 4.98 Å². The summed E-state index contributed by atoms with van der Waals surface area (Å²) in [6.45, 7) is 0.943. The van der Waals surface area contributed by atoms with Gasteiger partial charge in [0.2, 0.25) is 11.9 Å². The fraction of sp³-hybridized carbons (Fsp3) is 0.308. The summed E-state index contributed by atoms with van der Waals surface area (Å²) in [5.74, 6) is 1.08.